The zero-order valence-electron chi connectivity index (χ0n) is 16.8. The van der Waals surface area contributed by atoms with Crippen LogP contribution in [0.5, 0.6) is 0 Å². The summed E-state index contributed by atoms with van der Waals surface area (Å²) in [4.78, 5) is 12.3. The Kier molecular flexibility index (Phi) is 7.84. The lowest BCUT2D eigenvalue weighted by atomic mass is 10.2. The number of nitrogens with one attached hydrogen (secondary N) is 1. The highest BCUT2D eigenvalue weighted by molar-refractivity contribution is 7.99. The molecule has 1 amide bonds. The maximum atomic E-state index is 12.3. The summed E-state index contributed by atoms with van der Waals surface area (Å²) >= 11 is 1.39. The van der Waals surface area contributed by atoms with Crippen molar-refractivity contribution < 1.29 is 9.53 Å². The second-order valence-electron chi connectivity index (χ2n) is 6.58. The van der Waals surface area contributed by atoms with Gasteiger partial charge in [-0.1, -0.05) is 59.8 Å². The van der Waals surface area contributed by atoms with Gasteiger partial charge in [-0.2, -0.15) is 0 Å². The molecule has 6 nitrogen and oxygen atoms in total. The van der Waals surface area contributed by atoms with E-state index in [1.165, 1.54) is 11.8 Å². The normalized spacial score (nSPS) is 10.8. The van der Waals surface area contributed by atoms with Crippen LogP contribution in [0.25, 0.3) is 11.4 Å². The number of thioether (sulfide) groups is 1. The zero-order chi connectivity index (χ0) is 20.5. The van der Waals surface area contributed by atoms with Crippen LogP contribution < -0.4 is 5.32 Å². The molecule has 0 fully saturated rings. The molecule has 0 aliphatic rings. The predicted octanol–water partition coefficient (Wildman–Crippen LogP) is 4.41. The molecule has 152 valence electrons. The summed E-state index contributed by atoms with van der Waals surface area (Å²) in [6.07, 6.45) is 0.856. The van der Waals surface area contributed by atoms with E-state index in [0.717, 1.165) is 40.8 Å². The molecule has 0 aliphatic heterocycles. The fourth-order valence-electron chi connectivity index (χ4n) is 2.83. The Morgan fingerprint density at radius 3 is 2.59 bits per heavy atom. The number of carbonyl (C=O) groups excluding carboxylic acids is 1. The summed E-state index contributed by atoms with van der Waals surface area (Å²) in [7, 11) is 0. The highest BCUT2D eigenvalue weighted by Gasteiger charge is 2.15. The molecule has 0 atom stereocenters. The lowest BCUT2D eigenvalue weighted by molar-refractivity contribution is -0.113. The number of rotatable bonds is 10. The van der Waals surface area contributed by atoms with Crippen molar-refractivity contribution in [1.82, 2.24) is 14.8 Å². The van der Waals surface area contributed by atoms with Crippen LogP contribution in [-0.2, 0) is 16.1 Å². The second-order valence-corrected chi connectivity index (χ2v) is 7.52. The number of hydrogen-bond donors (Lipinski definition) is 1. The van der Waals surface area contributed by atoms with Gasteiger partial charge in [0.15, 0.2) is 11.0 Å². The first-order valence-electron chi connectivity index (χ1n) is 9.73. The van der Waals surface area contributed by atoms with Crippen molar-refractivity contribution >= 4 is 23.4 Å². The number of carbonyl (C=O) groups is 1. The van der Waals surface area contributed by atoms with Crippen molar-refractivity contribution in [3.8, 4) is 11.4 Å². The van der Waals surface area contributed by atoms with E-state index >= 15 is 0 Å². The van der Waals surface area contributed by atoms with Gasteiger partial charge in [-0.25, -0.2) is 0 Å². The average Bonchev–Trinajstić information content (AvgIpc) is 3.15. The van der Waals surface area contributed by atoms with Gasteiger partial charge in [0.1, 0.15) is 0 Å². The molecule has 0 unspecified atom stereocenters. The third-order valence-corrected chi connectivity index (χ3v) is 5.26. The lowest BCUT2D eigenvalue weighted by Crippen LogP contribution is -2.15. The van der Waals surface area contributed by atoms with Crippen molar-refractivity contribution in [1.29, 1.82) is 0 Å². The summed E-state index contributed by atoms with van der Waals surface area (Å²) in [6, 6.07) is 17.7. The topological polar surface area (TPSA) is 69.0 Å². The maximum Gasteiger partial charge on any atom is 0.234 e. The molecule has 1 N–H and O–H groups in total. The molecular weight excluding hydrogens is 384 g/mol. The van der Waals surface area contributed by atoms with Crippen molar-refractivity contribution in [2.24, 2.45) is 0 Å². The molecular formula is C22H26N4O2S. The fraction of sp³-hybridized carbons (Fsp3) is 0.318. The number of aromatic nitrogens is 3. The Morgan fingerprint density at radius 1 is 1.10 bits per heavy atom. The van der Waals surface area contributed by atoms with Gasteiger partial charge in [-0.05, 0) is 32.4 Å². The van der Waals surface area contributed by atoms with E-state index < -0.39 is 0 Å². The van der Waals surface area contributed by atoms with E-state index in [1.54, 1.807) is 0 Å². The number of anilines is 1. The first-order valence-corrected chi connectivity index (χ1v) is 10.7. The van der Waals surface area contributed by atoms with Crippen molar-refractivity contribution in [2.45, 2.75) is 32.0 Å². The third-order valence-electron chi connectivity index (χ3n) is 4.29. The number of aryl methyl sites for hydroxylation is 1. The third kappa shape index (κ3) is 6.17. The Morgan fingerprint density at radius 2 is 1.86 bits per heavy atom. The summed E-state index contributed by atoms with van der Waals surface area (Å²) in [5, 5.41) is 12.4. The Hall–Kier alpha value is -2.64. The molecule has 29 heavy (non-hydrogen) atoms. The molecule has 1 aromatic heterocycles. The molecule has 0 spiro atoms. The van der Waals surface area contributed by atoms with Crippen LogP contribution in [0.1, 0.15) is 18.9 Å². The maximum absolute atomic E-state index is 12.3. The van der Waals surface area contributed by atoms with Gasteiger partial charge in [-0.3, -0.25) is 4.79 Å². The SMILES string of the molecule is CCOCCCn1c(SCC(=O)Nc2ccc(C)cc2)nnc1-c1ccccc1. The van der Waals surface area contributed by atoms with Crippen molar-refractivity contribution in [3.05, 3.63) is 60.2 Å². The first kappa shape index (κ1) is 21.1. The summed E-state index contributed by atoms with van der Waals surface area (Å²) in [5.41, 5.74) is 2.96. The predicted molar refractivity (Wildman–Crippen MR) is 117 cm³/mol. The van der Waals surface area contributed by atoms with Crippen molar-refractivity contribution in [2.75, 3.05) is 24.3 Å². The number of benzene rings is 2. The number of ether oxygens (including phenoxy) is 1. The standard InChI is InChI=1S/C22H26N4O2S/c1-3-28-15-7-14-26-21(18-8-5-4-6-9-18)24-25-22(26)29-16-20(27)23-19-12-10-17(2)11-13-19/h4-6,8-13H,3,7,14-16H2,1-2H3,(H,23,27). The molecule has 0 saturated carbocycles. The summed E-state index contributed by atoms with van der Waals surface area (Å²) in [5.74, 6) is 1.01. The molecule has 0 radical (unpaired) electrons. The van der Waals surface area contributed by atoms with E-state index in [0.29, 0.717) is 13.2 Å². The summed E-state index contributed by atoms with van der Waals surface area (Å²) < 4.78 is 7.53. The molecule has 0 bridgehead atoms. The smallest absolute Gasteiger partial charge is 0.234 e. The fourth-order valence-corrected chi connectivity index (χ4v) is 3.60. The van der Waals surface area contributed by atoms with Crippen LogP contribution in [0.4, 0.5) is 5.69 Å². The molecule has 3 rings (SSSR count). The van der Waals surface area contributed by atoms with Gasteiger partial charge in [0.2, 0.25) is 5.91 Å². The second kappa shape index (κ2) is 10.8. The van der Waals surface area contributed by atoms with Crippen LogP contribution in [0.3, 0.4) is 0 Å². The highest BCUT2D eigenvalue weighted by Crippen LogP contribution is 2.24. The summed E-state index contributed by atoms with van der Waals surface area (Å²) in [6.45, 7) is 6.13. The number of amides is 1. The molecule has 7 heteroatoms. The van der Waals surface area contributed by atoms with Crippen LogP contribution in [0.15, 0.2) is 59.8 Å². The molecule has 1 heterocycles. The van der Waals surface area contributed by atoms with Gasteiger partial charge in [0.05, 0.1) is 5.75 Å². The number of hydrogen-bond acceptors (Lipinski definition) is 5. The van der Waals surface area contributed by atoms with E-state index in [4.69, 9.17) is 4.74 Å². The van der Waals surface area contributed by atoms with E-state index in [-0.39, 0.29) is 11.7 Å². The van der Waals surface area contributed by atoms with Crippen LogP contribution in [-0.4, -0.2) is 39.6 Å². The minimum Gasteiger partial charge on any atom is -0.382 e. The highest BCUT2D eigenvalue weighted by atomic mass is 32.2. The van der Waals surface area contributed by atoms with Gasteiger partial charge >= 0.3 is 0 Å². The minimum absolute atomic E-state index is 0.0658. The van der Waals surface area contributed by atoms with Gasteiger partial charge < -0.3 is 14.6 Å². The minimum atomic E-state index is -0.0658. The van der Waals surface area contributed by atoms with Crippen LogP contribution in [0, 0.1) is 6.92 Å². The molecule has 2 aromatic carbocycles. The Bertz CT molecular complexity index is 910. The van der Waals surface area contributed by atoms with Crippen molar-refractivity contribution in [3.63, 3.8) is 0 Å². The number of nitrogens with zero attached hydrogens (tertiary/aromatic N) is 3. The van der Waals surface area contributed by atoms with E-state index in [9.17, 15) is 4.79 Å². The Balaban J connectivity index is 1.67. The zero-order valence-corrected chi connectivity index (χ0v) is 17.6. The van der Waals surface area contributed by atoms with Gasteiger partial charge in [0.25, 0.3) is 0 Å². The average molecular weight is 411 g/mol. The Labute approximate surface area is 175 Å². The van der Waals surface area contributed by atoms with Crippen LogP contribution >= 0.6 is 11.8 Å². The van der Waals surface area contributed by atoms with E-state index in [1.807, 2.05) is 68.4 Å². The van der Waals surface area contributed by atoms with E-state index in [2.05, 4.69) is 20.1 Å². The first-order chi connectivity index (χ1) is 14.2. The van der Waals surface area contributed by atoms with Gasteiger partial charge in [-0.15, -0.1) is 10.2 Å². The molecule has 0 aliphatic carbocycles. The largest absolute Gasteiger partial charge is 0.382 e. The molecule has 3 aromatic rings. The lowest BCUT2D eigenvalue weighted by Gasteiger charge is -2.10. The van der Waals surface area contributed by atoms with Crippen LogP contribution in [0.2, 0.25) is 0 Å². The molecule has 0 saturated heterocycles. The monoisotopic (exact) mass is 410 g/mol. The van der Waals surface area contributed by atoms with Gasteiger partial charge in [0, 0.05) is 31.0 Å². The quantitative estimate of drug-likeness (QED) is 0.396.